The van der Waals surface area contributed by atoms with Gasteiger partial charge in [-0.3, -0.25) is 4.98 Å². The molecule has 0 aliphatic rings. The lowest BCUT2D eigenvalue weighted by molar-refractivity contribution is 0.302. The lowest BCUT2D eigenvalue weighted by Gasteiger charge is -2.25. The van der Waals surface area contributed by atoms with Gasteiger partial charge in [0.2, 0.25) is 0 Å². The second-order valence-electron chi connectivity index (χ2n) is 5.58. The van der Waals surface area contributed by atoms with Crippen LogP contribution in [0.2, 0.25) is 0 Å². The molecule has 0 aromatic carbocycles. The zero-order chi connectivity index (χ0) is 12.6. The van der Waals surface area contributed by atoms with Gasteiger partial charge in [-0.1, -0.05) is 40.0 Å². The van der Waals surface area contributed by atoms with Crippen LogP contribution in [0.15, 0.2) is 24.5 Å². The molecule has 0 saturated heterocycles. The summed E-state index contributed by atoms with van der Waals surface area (Å²) in [4.78, 5) is 4.02. The molecular formula is C15H26N2. The van der Waals surface area contributed by atoms with Crippen molar-refractivity contribution in [3.63, 3.8) is 0 Å². The van der Waals surface area contributed by atoms with Crippen LogP contribution in [-0.2, 0) is 6.54 Å². The first-order valence-electron chi connectivity index (χ1n) is 6.74. The van der Waals surface area contributed by atoms with E-state index in [1.807, 2.05) is 12.4 Å². The van der Waals surface area contributed by atoms with Crippen molar-refractivity contribution in [2.24, 2.45) is 5.41 Å². The number of unbranched alkanes of at least 4 members (excludes halogenated alkanes) is 2. The van der Waals surface area contributed by atoms with E-state index in [9.17, 15) is 0 Å². The summed E-state index contributed by atoms with van der Waals surface area (Å²) in [6.45, 7) is 8.98. The summed E-state index contributed by atoms with van der Waals surface area (Å²) in [6, 6.07) is 4.13. The number of pyridine rings is 1. The number of nitrogens with one attached hydrogen (secondary N) is 1. The fourth-order valence-electron chi connectivity index (χ4n) is 1.99. The number of hydrogen-bond donors (Lipinski definition) is 1. The molecule has 0 bridgehead atoms. The molecule has 0 aliphatic carbocycles. The second-order valence-corrected chi connectivity index (χ2v) is 5.58. The summed E-state index contributed by atoms with van der Waals surface area (Å²) in [5, 5.41) is 3.54. The number of hydrogen-bond acceptors (Lipinski definition) is 2. The Morgan fingerprint density at radius 1 is 1.18 bits per heavy atom. The van der Waals surface area contributed by atoms with Gasteiger partial charge in [-0.25, -0.2) is 0 Å². The largest absolute Gasteiger partial charge is 0.312 e. The molecule has 1 N–H and O–H groups in total. The summed E-state index contributed by atoms with van der Waals surface area (Å²) in [5.41, 5.74) is 1.71. The molecule has 0 saturated carbocycles. The van der Waals surface area contributed by atoms with Gasteiger partial charge in [-0.2, -0.15) is 0 Å². The molecule has 0 amide bonds. The Morgan fingerprint density at radius 2 is 1.88 bits per heavy atom. The van der Waals surface area contributed by atoms with E-state index in [1.54, 1.807) is 0 Å². The molecule has 1 heterocycles. The maximum Gasteiger partial charge on any atom is 0.0271 e. The van der Waals surface area contributed by atoms with Gasteiger partial charge in [-0.15, -0.1) is 0 Å². The van der Waals surface area contributed by atoms with E-state index in [0.717, 1.165) is 13.1 Å². The van der Waals surface area contributed by atoms with Gasteiger partial charge in [0.15, 0.2) is 0 Å². The maximum atomic E-state index is 4.02. The highest BCUT2D eigenvalue weighted by Gasteiger charge is 2.16. The van der Waals surface area contributed by atoms with Crippen molar-refractivity contribution in [2.75, 3.05) is 6.54 Å². The first kappa shape index (κ1) is 14.2. The van der Waals surface area contributed by atoms with Gasteiger partial charge in [0.1, 0.15) is 0 Å². The van der Waals surface area contributed by atoms with Gasteiger partial charge >= 0.3 is 0 Å². The molecule has 1 aromatic heterocycles. The summed E-state index contributed by atoms with van der Waals surface area (Å²) in [5.74, 6) is 0. The van der Waals surface area contributed by atoms with E-state index in [4.69, 9.17) is 0 Å². The standard InChI is InChI=1S/C15H26N2/c1-4-5-6-9-15(2,3)13-17-12-14-7-10-16-11-8-14/h7-8,10-11,17H,4-6,9,12-13H2,1-3H3. The van der Waals surface area contributed by atoms with Gasteiger partial charge in [0.05, 0.1) is 0 Å². The number of aromatic nitrogens is 1. The van der Waals surface area contributed by atoms with Crippen molar-refractivity contribution in [3.8, 4) is 0 Å². The molecular weight excluding hydrogens is 208 g/mol. The molecule has 0 aliphatic heterocycles. The van der Waals surface area contributed by atoms with Crippen LogP contribution in [0.1, 0.15) is 52.0 Å². The van der Waals surface area contributed by atoms with Crippen LogP contribution in [0.25, 0.3) is 0 Å². The van der Waals surface area contributed by atoms with E-state index in [-0.39, 0.29) is 0 Å². The van der Waals surface area contributed by atoms with E-state index in [2.05, 4.69) is 43.2 Å². The molecule has 1 rings (SSSR count). The molecule has 1 aromatic rings. The zero-order valence-corrected chi connectivity index (χ0v) is 11.5. The highest BCUT2D eigenvalue weighted by Crippen LogP contribution is 2.22. The Bertz CT molecular complexity index is 293. The molecule has 17 heavy (non-hydrogen) atoms. The van der Waals surface area contributed by atoms with Gasteiger partial charge in [-0.05, 0) is 29.5 Å². The Labute approximate surface area is 106 Å². The number of nitrogens with zero attached hydrogens (tertiary/aromatic N) is 1. The van der Waals surface area contributed by atoms with Crippen LogP contribution in [0.3, 0.4) is 0 Å². The third kappa shape index (κ3) is 6.42. The maximum absolute atomic E-state index is 4.02. The Morgan fingerprint density at radius 3 is 2.53 bits per heavy atom. The van der Waals surface area contributed by atoms with Gasteiger partial charge < -0.3 is 5.32 Å². The van der Waals surface area contributed by atoms with Crippen LogP contribution in [0.4, 0.5) is 0 Å². The summed E-state index contributed by atoms with van der Waals surface area (Å²) < 4.78 is 0. The quantitative estimate of drug-likeness (QED) is 0.692. The second kappa shape index (κ2) is 7.44. The Kier molecular flexibility index (Phi) is 6.20. The minimum Gasteiger partial charge on any atom is -0.312 e. The third-order valence-electron chi connectivity index (χ3n) is 3.14. The Hall–Kier alpha value is -0.890. The smallest absolute Gasteiger partial charge is 0.0271 e. The van der Waals surface area contributed by atoms with Crippen molar-refractivity contribution in [1.82, 2.24) is 10.3 Å². The monoisotopic (exact) mass is 234 g/mol. The first-order chi connectivity index (χ1) is 8.14. The van der Waals surface area contributed by atoms with E-state index < -0.39 is 0 Å². The molecule has 0 radical (unpaired) electrons. The van der Waals surface area contributed by atoms with E-state index in [0.29, 0.717) is 5.41 Å². The van der Waals surface area contributed by atoms with Crippen molar-refractivity contribution in [3.05, 3.63) is 30.1 Å². The van der Waals surface area contributed by atoms with Crippen LogP contribution >= 0.6 is 0 Å². The molecule has 0 spiro atoms. The van der Waals surface area contributed by atoms with Crippen molar-refractivity contribution in [1.29, 1.82) is 0 Å². The normalized spacial score (nSPS) is 11.7. The van der Waals surface area contributed by atoms with E-state index in [1.165, 1.54) is 31.2 Å². The van der Waals surface area contributed by atoms with Gasteiger partial charge in [0.25, 0.3) is 0 Å². The van der Waals surface area contributed by atoms with E-state index >= 15 is 0 Å². The average molecular weight is 234 g/mol. The fraction of sp³-hybridized carbons (Fsp3) is 0.667. The van der Waals surface area contributed by atoms with Crippen molar-refractivity contribution < 1.29 is 0 Å². The molecule has 0 atom stereocenters. The summed E-state index contributed by atoms with van der Waals surface area (Å²) >= 11 is 0. The average Bonchev–Trinajstić information content (AvgIpc) is 2.30. The minimum absolute atomic E-state index is 0.405. The molecule has 0 fully saturated rings. The van der Waals surface area contributed by atoms with Crippen LogP contribution in [0.5, 0.6) is 0 Å². The highest BCUT2D eigenvalue weighted by molar-refractivity contribution is 5.09. The summed E-state index contributed by atoms with van der Waals surface area (Å²) in [6.07, 6.45) is 9.02. The predicted octanol–water partition coefficient (Wildman–Crippen LogP) is 3.78. The highest BCUT2D eigenvalue weighted by atomic mass is 14.9. The van der Waals surface area contributed by atoms with Crippen LogP contribution < -0.4 is 5.32 Å². The predicted molar refractivity (Wildman–Crippen MR) is 73.9 cm³/mol. The number of rotatable bonds is 8. The lowest BCUT2D eigenvalue weighted by atomic mass is 9.87. The SMILES string of the molecule is CCCCCC(C)(C)CNCc1ccncc1. The summed E-state index contributed by atoms with van der Waals surface area (Å²) in [7, 11) is 0. The van der Waals surface area contributed by atoms with Crippen molar-refractivity contribution in [2.45, 2.75) is 53.0 Å². The third-order valence-corrected chi connectivity index (χ3v) is 3.14. The first-order valence-corrected chi connectivity index (χ1v) is 6.74. The molecule has 2 heteroatoms. The molecule has 0 unspecified atom stereocenters. The van der Waals surface area contributed by atoms with Crippen molar-refractivity contribution >= 4 is 0 Å². The fourth-order valence-corrected chi connectivity index (χ4v) is 1.99. The van der Waals surface area contributed by atoms with Crippen LogP contribution in [0, 0.1) is 5.41 Å². The van der Waals surface area contributed by atoms with Gasteiger partial charge in [0, 0.05) is 25.5 Å². The zero-order valence-electron chi connectivity index (χ0n) is 11.5. The van der Waals surface area contributed by atoms with Crippen LogP contribution in [-0.4, -0.2) is 11.5 Å². The Balaban J connectivity index is 2.20. The lowest BCUT2D eigenvalue weighted by Crippen LogP contribution is -2.29. The molecule has 2 nitrogen and oxygen atoms in total. The molecule has 96 valence electrons. The minimum atomic E-state index is 0.405. The topological polar surface area (TPSA) is 24.9 Å².